The maximum atomic E-state index is 12.4. The summed E-state index contributed by atoms with van der Waals surface area (Å²) in [5.41, 5.74) is 0.575. The van der Waals surface area contributed by atoms with E-state index in [4.69, 9.17) is 4.42 Å². The summed E-state index contributed by atoms with van der Waals surface area (Å²) in [7, 11) is -1.04. The lowest BCUT2D eigenvalue weighted by molar-refractivity contribution is 0.0914. The number of carbonyl (C=O) groups is 1. The number of hydrogen-bond donors (Lipinski definition) is 1. The van der Waals surface area contributed by atoms with Crippen LogP contribution in [0.3, 0.4) is 0 Å². The zero-order valence-electron chi connectivity index (χ0n) is 14.4. The number of rotatable bonds is 6. The van der Waals surface area contributed by atoms with Crippen LogP contribution in [0.15, 0.2) is 52.0 Å². The summed E-state index contributed by atoms with van der Waals surface area (Å²) in [6.45, 7) is 2.56. The number of nitrogens with zero attached hydrogens (tertiary/aromatic N) is 1. The van der Waals surface area contributed by atoms with Crippen molar-refractivity contribution in [2.24, 2.45) is 0 Å². The molecular weight excluding hydrogens is 336 g/mol. The molecule has 1 aliphatic rings. The van der Waals surface area contributed by atoms with Gasteiger partial charge < -0.3 is 9.73 Å². The molecule has 1 saturated heterocycles. The first kappa shape index (κ1) is 17.9. The minimum Gasteiger partial charge on any atom is -0.468 e. The molecule has 0 radical (unpaired) electrons. The first-order chi connectivity index (χ1) is 12.1. The molecule has 1 fully saturated rings. The Hall–Kier alpha value is -1.92. The number of piperidine rings is 1. The number of furan rings is 1. The molecule has 5 nitrogen and oxygen atoms in total. The minimum atomic E-state index is -1.04. The van der Waals surface area contributed by atoms with Crippen molar-refractivity contribution in [3.05, 3.63) is 54.0 Å². The fourth-order valence-corrected chi connectivity index (χ4v) is 3.73. The smallest absolute Gasteiger partial charge is 0.251 e. The summed E-state index contributed by atoms with van der Waals surface area (Å²) in [5, 5.41) is 3.02. The van der Waals surface area contributed by atoms with Crippen LogP contribution in [0.4, 0.5) is 0 Å². The first-order valence-electron chi connectivity index (χ1n) is 8.64. The third-order valence-corrected chi connectivity index (χ3v) is 5.54. The van der Waals surface area contributed by atoms with Gasteiger partial charge in [0.2, 0.25) is 0 Å². The van der Waals surface area contributed by atoms with E-state index in [0.29, 0.717) is 12.1 Å². The van der Waals surface area contributed by atoms with Gasteiger partial charge >= 0.3 is 0 Å². The Bertz CT molecular complexity index is 707. The molecule has 1 N–H and O–H groups in total. The molecule has 2 heterocycles. The van der Waals surface area contributed by atoms with Crippen molar-refractivity contribution in [1.29, 1.82) is 0 Å². The van der Waals surface area contributed by atoms with Crippen molar-refractivity contribution in [1.82, 2.24) is 10.2 Å². The van der Waals surface area contributed by atoms with E-state index in [0.717, 1.165) is 23.7 Å². The third kappa shape index (κ3) is 4.58. The molecule has 0 aliphatic carbocycles. The highest BCUT2D eigenvalue weighted by Gasteiger charge is 2.25. The van der Waals surface area contributed by atoms with Crippen molar-refractivity contribution in [3.8, 4) is 0 Å². The maximum Gasteiger partial charge on any atom is 0.251 e. The van der Waals surface area contributed by atoms with Crippen LogP contribution < -0.4 is 5.32 Å². The van der Waals surface area contributed by atoms with Crippen molar-refractivity contribution in [2.75, 3.05) is 25.9 Å². The molecule has 2 aromatic rings. The Morgan fingerprint density at radius 2 is 1.92 bits per heavy atom. The van der Waals surface area contributed by atoms with E-state index in [1.165, 1.54) is 19.3 Å². The Morgan fingerprint density at radius 3 is 2.52 bits per heavy atom. The molecule has 1 aliphatic heterocycles. The van der Waals surface area contributed by atoms with Crippen LogP contribution in [0.1, 0.15) is 41.4 Å². The minimum absolute atomic E-state index is 0.0571. The second-order valence-electron chi connectivity index (χ2n) is 6.32. The quantitative estimate of drug-likeness (QED) is 0.860. The summed E-state index contributed by atoms with van der Waals surface area (Å²) < 4.78 is 17.0. The second-order valence-corrected chi connectivity index (χ2v) is 7.70. The Balaban J connectivity index is 1.65. The van der Waals surface area contributed by atoms with Gasteiger partial charge in [-0.05, 0) is 62.3 Å². The van der Waals surface area contributed by atoms with Gasteiger partial charge in [-0.1, -0.05) is 6.42 Å². The van der Waals surface area contributed by atoms with Gasteiger partial charge in [-0.25, -0.2) is 0 Å². The lowest BCUT2D eigenvalue weighted by Crippen LogP contribution is -2.40. The molecular formula is C19H24N2O3S. The summed E-state index contributed by atoms with van der Waals surface area (Å²) in [6.07, 6.45) is 6.93. The van der Waals surface area contributed by atoms with Crippen LogP contribution in [-0.4, -0.2) is 40.9 Å². The first-order valence-corrected chi connectivity index (χ1v) is 10.2. The summed E-state index contributed by atoms with van der Waals surface area (Å²) >= 11 is 0. The molecule has 0 bridgehead atoms. The zero-order chi connectivity index (χ0) is 17.6. The van der Waals surface area contributed by atoms with Gasteiger partial charge in [-0.15, -0.1) is 0 Å². The van der Waals surface area contributed by atoms with E-state index in [-0.39, 0.29) is 11.9 Å². The summed E-state index contributed by atoms with van der Waals surface area (Å²) in [5.74, 6) is 0.765. The van der Waals surface area contributed by atoms with Gasteiger partial charge in [0.05, 0.1) is 12.3 Å². The number of hydrogen-bond acceptors (Lipinski definition) is 4. The molecule has 134 valence electrons. The monoisotopic (exact) mass is 360 g/mol. The van der Waals surface area contributed by atoms with Crippen molar-refractivity contribution in [2.45, 2.75) is 30.2 Å². The van der Waals surface area contributed by atoms with E-state index in [1.54, 1.807) is 36.8 Å². The van der Waals surface area contributed by atoms with E-state index in [1.807, 2.05) is 12.1 Å². The number of likely N-dealkylation sites (tertiary alicyclic amines) is 1. The fourth-order valence-electron chi connectivity index (χ4n) is 3.21. The Labute approximate surface area is 150 Å². The normalized spacial score (nSPS) is 17.8. The highest BCUT2D eigenvalue weighted by molar-refractivity contribution is 7.84. The highest BCUT2D eigenvalue weighted by Crippen LogP contribution is 2.24. The fraction of sp³-hybridized carbons (Fsp3) is 0.421. The van der Waals surface area contributed by atoms with Gasteiger partial charge in [-0.3, -0.25) is 13.9 Å². The van der Waals surface area contributed by atoms with Gasteiger partial charge in [0.25, 0.3) is 5.91 Å². The number of carbonyl (C=O) groups excluding carboxylic acids is 1. The maximum absolute atomic E-state index is 12.4. The average Bonchev–Trinajstić information content (AvgIpc) is 3.17. The lowest BCUT2D eigenvalue weighted by Gasteiger charge is -2.33. The van der Waals surface area contributed by atoms with Crippen LogP contribution in [0.25, 0.3) is 0 Å². The number of amides is 1. The summed E-state index contributed by atoms with van der Waals surface area (Å²) in [4.78, 5) is 15.5. The predicted molar refractivity (Wildman–Crippen MR) is 98.0 cm³/mol. The second kappa shape index (κ2) is 8.45. The van der Waals surface area contributed by atoms with E-state index in [2.05, 4.69) is 10.2 Å². The standard InChI is InChI=1S/C19H24N2O3S/c1-25(23)16-9-7-15(8-10-16)19(22)20-14-17(18-6-5-13-24-18)21-11-3-2-4-12-21/h5-10,13,17H,2-4,11-12,14H2,1H3,(H,20,22). The molecule has 0 spiro atoms. The largest absolute Gasteiger partial charge is 0.468 e. The molecule has 6 heteroatoms. The Kier molecular flexibility index (Phi) is 6.04. The van der Waals surface area contributed by atoms with Gasteiger partial charge in [0, 0.05) is 34.1 Å². The van der Waals surface area contributed by atoms with E-state index in [9.17, 15) is 9.00 Å². The number of nitrogens with one attached hydrogen (secondary N) is 1. The van der Waals surface area contributed by atoms with E-state index < -0.39 is 10.8 Å². The molecule has 25 heavy (non-hydrogen) atoms. The molecule has 3 rings (SSSR count). The van der Waals surface area contributed by atoms with Crippen LogP contribution >= 0.6 is 0 Å². The molecule has 1 amide bonds. The SMILES string of the molecule is CS(=O)c1ccc(C(=O)NCC(c2ccco2)N2CCCCC2)cc1. The topological polar surface area (TPSA) is 62.6 Å². The van der Waals surface area contributed by atoms with Crippen LogP contribution in [0.5, 0.6) is 0 Å². The van der Waals surface area contributed by atoms with E-state index >= 15 is 0 Å². The molecule has 0 saturated carbocycles. The van der Waals surface area contributed by atoms with Crippen LogP contribution in [-0.2, 0) is 10.8 Å². The Morgan fingerprint density at radius 1 is 1.20 bits per heavy atom. The van der Waals surface area contributed by atoms with Gasteiger partial charge in [0.1, 0.15) is 5.76 Å². The van der Waals surface area contributed by atoms with Crippen LogP contribution in [0, 0.1) is 0 Å². The van der Waals surface area contributed by atoms with Gasteiger partial charge in [0.15, 0.2) is 0 Å². The molecule has 2 atom stereocenters. The molecule has 1 aromatic carbocycles. The summed E-state index contributed by atoms with van der Waals surface area (Å²) in [6, 6.07) is 10.8. The molecule has 1 aromatic heterocycles. The van der Waals surface area contributed by atoms with Crippen molar-refractivity contribution >= 4 is 16.7 Å². The molecule has 2 unspecified atom stereocenters. The highest BCUT2D eigenvalue weighted by atomic mass is 32.2. The predicted octanol–water partition coefficient (Wildman–Crippen LogP) is 2.97. The van der Waals surface area contributed by atoms with Crippen LogP contribution in [0.2, 0.25) is 0 Å². The number of benzene rings is 1. The van der Waals surface area contributed by atoms with Gasteiger partial charge in [-0.2, -0.15) is 0 Å². The van der Waals surface area contributed by atoms with Crippen molar-refractivity contribution < 1.29 is 13.4 Å². The van der Waals surface area contributed by atoms with Crippen molar-refractivity contribution in [3.63, 3.8) is 0 Å². The average molecular weight is 360 g/mol. The lowest BCUT2D eigenvalue weighted by atomic mass is 10.1. The third-order valence-electron chi connectivity index (χ3n) is 4.61. The zero-order valence-corrected chi connectivity index (χ0v) is 15.3.